The number of hydrogen-bond acceptors (Lipinski definition) is 3. The Balaban J connectivity index is 1.76. The van der Waals surface area contributed by atoms with E-state index >= 15 is 0 Å². The lowest BCUT2D eigenvalue weighted by atomic mass is 9.91. The van der Waals surface area contributed by atoms with Gasteiger partial charge in [0.1, 0.15) is 5.75 Å². The lowest BCUT2D eigenvalue weighted by molar-refractivity contribution is 0.0748. The molecular weight excluding hydrogens is 316 g/mol. The highest BCUT2D eigenvalue weighted by molar-refractivity contribution is 6.07. The van der Waals surface area contributed by atoms with Gasteiger partial charge in [0.25, 0.3) is 11.8 Å². The Hall–Kier alpha value is -2.82. The van der Waals surface area contributed by atoms with Gasteiger partial charge in [0.05, 0.1) is 11.1 Å². The summed E-state index contributed by atoms with van der Waals surface area (Å²) in [5.74, 6) is -0.591. The van der Waals surface area contributed by atoms with Crippen molar-refractivity contribution in [2.45, 2.75) is 39.4 Å². The molecule has 2 amide bonds. The van der Waals surface area contributed by atoms with Gasteiger partial charge in [-0.05, 0) is 34.2 Å². The smallest absolute Gasteiger partial charge is 0.258 e. The number of hydrogen-bond donors (Lipinski definition) is 2. The second kappa shape index (κ2) is 5.62. The van der Waals surface area contributed by atoms with Crippen LogP contribution in [0, 0.1) is 0 Å². The molecule has 0 unspecified atom stereocenters. The van der Waals surface area contributed by atoms with E-state index in [9.17, 15) is 14.7 Å². The molecule has 128 valence electrons. The van der Waals surface area contributed by atoms with E-state index in [1.165, 1.54) is 0 Å². The van der Waals surface area contributed by atoms with Gasteiger partial charge in [-0.15, -0.1) is 0 Å². The molecule has 0 radical (unpaired) electrons. The number of phenols is 1. The Morgan fingerprint density at radius 1 is 1.20 bits per heavy atom. The van der Waals surface area contributed by atoms with Crippen LogP contribution in [0.3, 0.4) is 0 Å². The average molecular weight is 336 g/mol. The average Bonchev–Trinajstić information content (AvgIpc) is 3.18. The van der Waals surface area contributed by atoms with Gasteiger partial charge in [0.2, 0.25) is 0 Å². The molecule has 2 heterocycles. The summed E-state index contributed by atoms with van der Waals surface area (Å²) in [6.45, 7) is 5.49. The summed E-state index contributed by atoms with van der Waals surface area (Å²) in [6.07, 6.45) is 0. The highest BCUT2D eigenvalue weighted by Crippen LogP contribution is 2.37. The molecule has 5 nitrogen and oxygen atoms in total. The molecule has 2 aliphatic rings. The summed E-state index contributed by atoms with van der Waals surface area (Å²) < 4.78 is 0. The van der Waals surface area contributed by atoms with Crippen LogP contribution in [0.25, 0.3) is 0 Å². The van der Waals surface area contributed by atoms with E-state index in [1.807, 2.05) is 38.1 Å². The lowest BCUT2D eigenvalue weighted by Gasteiger charge is -2.20. The van der Waals surface area contributed by atoms with Gasteiger partial charge in [-0.2, -0.15) is 0 Å². The minimum atomic E-state index is -0.311. The van der Waals surface area contributed by atoms with Crippen LogP contribution in [-0.2, 0) is 19.6 Å². The summed E-state index contributed by atoms with van der Waals surface area (Å²) in [7, 11) is 0. The van der Waals surface area contributed by atoms with Crippen molar-refractivity contribution >= 4 is 11.8 Å². The summed E-state index contributed by atoms with van der Waals surface area (Å²) >= 11 is 0. The highest BCUT2D eigenvalue weighted by Gasteiger charge is 2.33. The van der Waals surface area contributed by atoms with Crippen LogP contribution in [0.1, 0.15) is 62.7 Å². The number of rotatable bonds is 2. The minimum absolute atomic E-state index is 0.157. The van der Waals surface area contributed by atoms with E-state index in [1.54, 1.807) is 11.0 Å². The van der Waals surface area contributed by atoms with E-state index in [2.05, 4.69) is 5.32 Å². The number of carbonyl (C=O) groups excluding carboxylic acids is 2. The van der Waals surface area contributed by atoms with Crippen molar-refractivity contribution in [2.75, 3.05) is 0 Å². The van der Waals surface area contributed by atoms with Gasteiger partial charge < -0.3 is 15.3 Å². The quantitative estimate of drug-likeness (QED) is 0.886. The number of nitrogens with zero attached hydrogens (tertiary/aromatic N) is 1. The van der Waals surface area contributed by atoms with E-state index in [0.717, 1.165) is 22.3 Å². The van der Waals surface area contributed by atoms with E-state index < -0.39 is 0 Å². The van der Waals surface area contributed by atoms with Crippen LogP contribution < -0.4 is 5.32 Å². The first-order chi connectivity index (χ1) is 12.0. The normalized spacial score (nSPS) is 15.3. The number of phenolic OH excluding ortho intramolecular Hbond substituents is 1. The molecule has 0 spiro atoms. The molecule has 0 aliphatic carbocycles. The molecular formula is C20H20N2O3. The fraction of sp³-hybridized carbons (Fsp3) is 0.300. The second-order valence-corrected chi connectivity index (χ2v) is 6.98. The molecule has 0 bridgehead atoms. The molecule has 0 saturated heterocycles. The van der Waals surface area contributed by atoms with Crippen molar-refractivity contribution in [1.29, 1.82) is 0 Å². The maximum absolute atomic E-state index is 13.1. The van der Waals surface area contributed by atoms with Crippen molar-refractivity contribution < 1.29 is 14.7 Å². The van der Waals surface area contributed by atoms with E-state index in [0.29, 0.717) is 19.6 Å². The van der Waals surface area contributed by atoms with Gasteiger partial charge in [0.15, 0.2) is 0 Å². The largest absolute Gasteiger partial charge is 0.506 e. The zero-order valence-corrected chi connectivity index (χ0v) is 14.3. The molecule has 2 aliphatic heterocycles. The Morgan fingerprint density at radius 3 is 2.44 bits per heavy atom. The standard InChI is InChI=1S/C20H20N2O3/c1-11(2)14-7-15(18(23)17-16(14)8-21-19(17)24)20(25)22-9-12-5-3-4-6-13(12)10-22/h3-7,11,23H,8-10H2,1-2H3,(H,21,24). The first-order valence-corrected chi connectivity index (χ1v) is 8.50. The fourth-order valence-corrected chi connectivity index (χ4v) is 3.75. The van der Waals surface area contributed by atoms with Crippen LogP contribution in [0.15, 0.2) is 30.3 Å². The van der Waals surface area contributed by atoms with E-state index in [-0.39, 0.29) is 34.6 Å². The van der Waals surface area contributed by atoms with Crippen molar-refractivity contribution in [3.63, 3.8) is 0 Å². The Kier molecular flexibility index (Phi) is 3.53. The van der Waals surface area contributed by atoms with Crippen molar-refractivity contribution in [1.82, 2.24) is 10.2 Å². The van der Waals surface area contributed by atoms with Crippen LogP contribution in [-0.4, -0.2) is 21.8 Å². The predicted octanol–water partition coefficient (Wildman–Crippen LogP) is 2.92. The van der Waals surface area contributed by atoms with Crippen molar-refractivity contribution in [3.05, 3.63) is 63.7 Å². The maximum atomic E-state index is 13.1. The monoisotopic (exact) mass is 336 g/mol. The first-order valence-electron chi connectivity index (χ1n) is 8.50. The summed E-state index contributed by atoms with van der Waals surface area (Å²) in [6, 6.07) is 9.70. The van der Waals surface area contributed by atoms with Crippen LogP contribution >= 0.6 is 0 Å². The third kappa shape index (κ3) is 2.38. The molecule has 0 fully saturated rings. The van der Waals surface area contributed by atoms with Gasteiger partial charge >= 0.3 is 0 Å². The van der Waals surface area contributed by atoms with Crippen molar-refractivity contribution in [3.8, 4) is 5.75 Å². The molecule has 0 aromatic heterocycles. The zero-order valence-electron chi connectivity index (χ0n) is 14.3. The topological polar surface area (TPSA) is 69.6 Å². The Bertz CT molecular complexity index is 877. The molecule has 0 saturated carbocycles. The Morgan fingerprint density at radius 2 is 1.84 bits per heavy atom. The summed E-state index contributed by atoms with van der Waals surface area (Å²) in [5, 5.41) is 13.4. The van der Waals surface area contributed by atoms with Crippen LogP contribution in [0.5, 0.6) is 5.75 Å². The second-order valence-electron chi connectivity index (χ2n) is 6.98. The maximum Gasteiger partial charge on any atom is 0.258 e. The number of aromatic hydroxyl groups is 1. The van der Waals surface area contributed by atoms with E-state index in [4.69, 9.17) is 0 Å². The number of carbonyl (C=O) groups is 2. The zero-order chi connectivity index (χ0) is 17.7. The van der Waals surface area contributed by atoms with Gasteiger partial charge in [-0.25, -0.2) is 0 Å². The fourth-order valence-electron chi connectivity index (χ4n) is 3.75. The van der Waals surface area contributed by atoms with Gasteiger partial charge in [0, 0.05) is 19.6 Å². The minimum Gasteiger partial charge on any atom is -0.506 e. The molecule has 0 atom stereocenters. The number of fused-ring (bicyclic) bond motifs is 2. The predicted molar refractivity (Wildman–Crippen MR) is 93.4 cm³/mol. The van der Waals surface area contributed by atoms with Crippen molar-refractivity contribution in [2.24, 2.45) is 0 Å². The molecule has 4 rings (SSSR count). The SMILES string of the molecule is CC(C)c1cc(C(=O)N2Cc3ccccc3C2)c(O)c2c1CNC2=O. The Labute approximate surface area is 146 Å². The highest BCUT2D eigenvalue weighted by atomic mass is 16.3. The summed E-state index contributed by atoms with van der Waals surface area (Å²) in [4.78, 5) is 26.9. The molecule has 2 N–H and O–H groups in total. The number of benzene rings is 2. The van der Waals surface area contributed by atoms with Gasteiger partial charge in [-0.3, -0.25) is 9.59 Å². The lowest BCUT2D eigenvalue weighted by Crippen LogP contribution is -2.26. The third-order valence-electron chi connectivity index (χ3n) is 5.08. The number of nitrogens with one attached hydrogen (secondary N) is 1. The molecule has 5 heteroatoms. The molecule has 2 aromatic rings. The van der Waals surface area contributed by atoms with Crippen LogP contribution in [0.4, 0.5) is 0 Å². The van der Waals surface area contributed by atoms with Gasteiger partial charge in [-0.1, -0.05) is 38.1 Å². The molecule has 25 heavy (non-hydrogen) atoms. The van der Waals surface area contributed by atoms with Crippen LogP contribution in [0.2, 0.25) is 0 Å². The third-order valence-corrected chi connectivity index (χ3v) is 5.08. The molecule has 2 aromatic carbocycles. The first kappa shape index (κ1) is 15.7. The number of amides is 2. The summed E-state index contributed by atoms with van der Waals surface area (Å²) in [5.41, 5.74) is 4.46.